The maximum Gasteiger partial charge on any atom is 0.235 e. The molecule has 1 amide bonds. The summed E-state index contributed by atoms with van der Waals surface area (Å²) in [5, 5.41) is 7.09. The number of hydrogen-bond donors (Lipinski definition) is 2. The summed E-state index contributed by atoms with van der Waals surface area (Å²) >= 11 is 3.47. The van der Waals surface area contributed by atoms with Gasteiger partial charge in [-0.25, -0.2) is 9.97 Å². The van der Waals surface area contributed by atoms with E-state index in [0.717, 1.165) is 38.9 Å². The highest BCUT2D eigenvalue weighted by Crippen LogP contribution is 2.27. The van der Waals surface area contributed by atoms with E-state index in [1.807, 2.05) is 48.5 Å². The Balaban J connectivity index is 1.71. The number of aromatic nitrogens is 2. The minimum absolute atomic E-state index is 0.0335. The first-order valence-corrected chi connectivity index (χ1v) is 11.9. The van der Waals surface area contributed by atoms with E-state index < -0.39 is 0 Å². The van der Waals surface area contributed by atoms with Crippen LogP contribution in [-0.4, -0.2) is 27.4 Å². The lowest BCUT2D eigenvalue weighted by molar-refractivity contribution is -0.113. The SMILES string of the molecule is C=CCCSSCC(=O)Nc1ccc2ncnc(Nc3cccc(Br)c3)c2c1. The molecule has 3 rings (SSSR count). The smallest absolute Gasteiger partial charge is 0.235 e. The summed E-state index contributed by atoms with van der Waals surface area (Å²) in [5.74, 6) is 2.01. The molecule has 0 bridgehead atoms. The van der Waals surface area contributed by atoms with E-state index >= 15 is 0 Å². The highest BCUT2D eigenvalue weighted by Gasteiger charge is 2.08. The van der Waals surface area contributed by atoms with E-state index in [1.165, 1.54) is 6.33 Å². The quantitative estimate of drug-likeness (QED) is 0.224. The maximum absolute atomic E-state index is 12.2. The normalized spacial score (nSPS) is 10.6. The van der Waals surface area contributed by atoms with Gasteiger partial charge in [-0.05, 0) is 42.8 Å². The van der Waals surface area contributed by atoms with Crippen molar-refractivity contribution in [3.63, 3.8) is 0 Å². The minimum atomic E-state index is -0.0335. The second kappa shape index (κ2) is 10.5. The molecule has 144 valence electrons. The van der Waals surface area contributed by atoms with Crippen LogP contribution in [0.15, 0.2) is 65.9 Å². The Morgan fingerprint density at radius 1 is 1.14 bits per heavy atom. The van der Waals surface area contributed by atoms with Gasteiger partial charge in [0.05, 0.1) is 11.3 Å². The number of amides is 1. The largest absolute Gasteiger partial charge is 0.340 e. The van der Waals surface area contributed by atoms with Gasteiger partial charge in [0, 0.05) is 27.0 Å². The lowest BCUT2D eigenvalue weighted by atomic mass is 10.2. The topological polar surface area (TPSA) is 66.9 Å². The zero-order valence-electron chi connectivity index (χ0n) is 15.0. The molecule has 2 aromatic carbocycles. The third-order valence-corrected chi connectivity index (χ3v) is 6.48. The number of allylic oxidation sites excluding steroid dienone is 1. The van der Waals surface area contributed by atoms with Crippen molar-refractivity contribution in [1.82, 2.24) is 9.97 Å². The van der Waals surface area contributed by atoms with E-state index in [0.29, 0.717) is 11.6 Å². The van der Waals surface area contributed by atoms with Crippen molar-refractivity contribution in [2.24, 2.45) is 0 Å². The Labute approximate surface area is 180 Å². The molecule has 0 unspecified atom stereocenters. The van der Waals surface area contributed by atoms with Gasteiger partial charge in [0.25, 0.3) is 0 Å². The van der Waals surface area contributed by atoms with Crippen LogP contribution < -0.4 is 10.6 Å². The van der Waals surface area contributed by atoms with Gasteiger partial charge >= 0.3 is 0 Å². The van der Waals surface area contributed by atoms with Crippen LogP contribution >= 0.6 is 37.5 Å². The maximum atomic E-state index is 12.2. The van der Waals surface area contributed by atoms with Gasteiger partial charge < -0.3 is 10.6 Å². The van der Waals surface area contributed by atoms with Crippen molar-refractivity contribution in [1.29, 1.82) is 0 Å². The Morgan fingerprint density at radius 2 is 2.04 bits per heavy atom. The molecule has 0 spiro atoms. The average Bonchev–Trinajstić information content (AvgIpc) is 2.68. The zero-order chi connectivity index (χ0) is 19.8. The first-order valence-electron chi connectivity index (χ1n) is 8.58. The number of carbonyl (C=O) groups is 1. The molecule has 28 heavy (non-hydrogen) atoms. The molecule has 1 aromatic heterocycles. The van der Waals surface area contributed by atoms with Crippen LogP contribution in [0.5, 0.6) is 0 Å². The molecule has 1 heterocycles. The van der Waals surface area contributed by atoms with E-state index in [9.17, 15) is 4.79 Å². The van der Waals surface area contributed by atoms with Crippen molar-refractivity contribution in [3.05, 3.63) is 65.9 Å². The van der Waals surface area contributed by atoms with Crippen LogP contribution in [0.4, 0.5) is 17.2 Å². The zero-order valence-corrected chi connectivity index (χ0v) is 18.2. The molecule has 0 aliphatic heterocycles. The molecule has 0 fully saturated rings. The molecular formula is C20H19BrN4OS2. The van der Waals surface area contributed by atoms with Crippen LogP contribution in [0.1, 0.15) is 6.42 Å². The predicted molar refractivity (Wildman–Crippen MR) is 125 cm³/mol. The van der Waals surface area contributed by atoms with Gasteiger partial charge in [-0.2, -0.15) is 0 Å². The molecule has 0 aliphatic carbocycles. The van der Waals surface area contributed by atoms with Gasteiger partial charge in [-0.1, -0.05) is 49.7 Å². The van der Waals surface area contributed by atoms with Crippen LogP contribution in [-0.2, 0) is 4.79 Å². The van der Waals surface area contributed by atoms with Crippen molar-refractivity contribution >= 4 is 71.5 Å². The number of nitrogens with zero attached hydrogens (tertiary/aromatic N) is 2. The number of rotatable bonds is 9. The molecule has 2 N–H and O–H groups in total. The number of nitrogens with one attached hydrogen (secondary N) is 2. The Kier molecular flexibility index (Phi) is 7.76. The number of anilines is 3. The second-order valence-electron chi connectivity index (χ2n) is 5.80. The van der Waals surface area contributed by atoms with Crippen LogP contribution in [0.3, 0.4) is 0 Å². The summed E-state index contributed by atoms with van der Waals surface area (Å²) in [6.45, 7) is 3.69. The summed E-state index contributed by atoms with van der Waals surface area (Å²) in [4.78, 5) is 20.9. The molecule has 0 atom stereocenters. The highest BCUT2D eigenvalue weighted by atomic mass is 79.9. The first-order chi connectivity index (χ1) is 13.7. The monoisotopic (exact) mass is 474 g/mol. The number of halogens is 1. The average molecular weight is 475 g/mol. The second-order valence-corrected chi connectivity index (χ2v) is 9.30. The minimum Gasteiger partial charge on any atom is -0.340 e. The van der Waals surface area contributed by atoms with Crippen molar-refractivity contribution in [2.75, 3.05) is 22.1 Å². The van der Waals surface area contributed by atoms with Crippen molar-refractivity contribution < 1.29 is 4.79 Å². The lowest BCUT2D eigenvalue weighted by Gasteiger charge is -2.10. The standard InChI is InChI=1S/C20H19BrN4OS2/c1-2-3-9-27-28-12-19(26)24-16-7-8-18-17(11-16)20(23-13-22-18)25-15-6-4-5-14(21)10-15/h2,4-8,10-11,13H,1,3,9,12H2,(H,24,26)(H,22,23,25). The third kappa shape index (κ3) is 5.98. The fourth-order valence-corrected chi connectivity index (χ4v) is 4.68. The Hall–Kier alpha value is -2.03. The van der Waals surface area contributed by atoms with Gasteiger partial charge in [0.2, 0.25) is 5.91 Å². The molecule has 0 radical (unpaired) electrons. The lowest BCUT2D eigenvalue weighted by Crippen LogP contribution is -2.13. The van der Waals surface area contributed by atoms with E-state index in [4.69, 9.17) is 0 Å². The molecular weight excluding hydrogens is 456 g/mol. The molecule has 8 heteroatoms. The van der Waals surface area contributed by atoms with Gasteiger partial charge in [-0.15, -0.1) is 6.58 Å². The summed E-state index contributed by atoms with van der Waals surface area (Å²) < 4.78 is 0.979. The van der Waals surface area contributed by atoms with E-state index in [2.05, 4.69) is 43.1 Å². The third-order valence-electron chi connectivity index (χ3n) is 3.69. The van der Waals surface area contributed by atoms with E-state index in [-0.39, 0.29) is 5.91 Å². The molecule has 3 aromatic rings. The number of fused-ring (bicyclic) bond motifs is 1. The molecule has 0 aliphatic rings. The van der Waals surface area contributed by atoms with Crippen LogP contribution in [0.25, 0.3) is 10.9 Å². The van der Waals surface area contributed by atoms with E-state index in [1.54, 1.807) is 21.6 Å². The molecule has 5 nitrogen and oxygen atoms in total. The van der Waals surface area contributed by atoms with Crippen LogP contribution in [0.2, 0.25) is 0 Å². The number of hydrogen-bond acceptors (Lipinski definition) is 6. The van der Waals surface area contributed by atoms with Crippen molar-refractivity contribution in [2.45, 2.75) is 6.42 Å². The van der Waals surface area contributed by atoms with Crippen LogP contribution in [0, 0.1) is 0 Å². The predicted octanol–water partition coefficient (Wildman–Crippen LogP) is 6.03. The molecule has 0 saturated heterocycles. The number of carbonyl (C=O) groups excluding carboxylic acids is 1. The highest BCUT2D eigenvalue weighted by molar-refractivity contribution is 9.10. The Morgan fingerprint density at radius 3 is 2.86 bits per heavy atom. The number of benzene rings is 2. The van der Waals surface area contributed by atoms with Gasteiger partial charge in [-0.3, -0.25) is 4.79 Å². The van der Waals surface area contributed by atoms with Gasteiger partial charge in [0.1, 0.15) is 12.1 Å². The fourth-order valence-electron chi connectivity index (χ4n) is 2.42. The van der Waals surface area contributed by atoms with Gasteiger partial charge in [0.15, 0.2) is 0 Å². The summed E-state index contributed by atoms with van der Waals surface area (Å²) in [7, 11) is 3.22. The summed E-state index contributed by atoms with van der Waals surface area (Å²) in [6, 6.07) is 13.5. The molecule has 0 saturated carbocycles. The summed E-state index contributed by atoms with van der Waals surface area (Å²) in [5.41, 5.74) is 2.44. The van der Waals surface area contributed by atoms with Crippen molar-refractivity contribution in [3.8, 4) is 0 Å². The Bertz CT molecular complexity index is 983. The fraction of sp³-hybridized carbons (Fsp3) is 0.150. The first kappa shape index (κ1) is 20.7. The summed E-state index contributed by atoms with van der Waals surface area (Å²) in [6.07, 6.45) is 4.35.